The number of hydrogen-bond acceptors (Lipinski definition) is 22. The van der Waals surface area contributed by atoms with Gasteiger partial charge in [-0.2, -0.15) is 11.3 Å². The number of halogens is 3. The zero-order valence-electron chi connectivity index (χ0n) is 77.9. The van der Waals surface area contributed by atoms with Crippen molar-refractivity contribution >= 4 is 149 Å². The van der Waals surface area contributed by atoms with Crippen molar-refractivity contribution in [3.8, 4) is 34.2 Å². The molecule has 0 bridgehead atoms. The average Bonchev–Trinajstić information content (AvgIpc) is 1.61. The van der Waals surface area contributed by atoms with E-state index in [4.69, 9.17) is 14.2 Å². The third kappa shape index (κ3) is 17.8. The largest absolute Gasteiger partial charge is 0.497 e. The predicted molar refractivity (Wildman–Crippen MR) is 549 cm³/mol. The highest BCUT2D eigenvalue weighted by atomic mass is 32.1. The molecular formula is C105H102F3N23O8S. The molecule has 20 aromatic rings. The first-order valence-corrected chi connectivity index (χ1v) is 47.9. The summed E-state index contributed by atoms with van der Waals surface area (Å²) in [7, 11) is 3.67. The third-order valence-corrected chi connectivity index (χ3v) is 27.5. The number of para-hydroxylation sites is 3. The van der Waals surface area contributed by atoms with E-state index in [-0.39, 0.29) is 57.2 Å². The highest BCUT2D eigenvalue weighted by Gasteiger charge is 2.29. The molecule has 140 heavy (non-hydrogen) atoms. The molecule has 0 aliphatic carbocycles. The van der Waals surface area contributed by atoms with Gasteiger partial charge in [0.2, 0.25) is 0 Å². The van der Waals surface area contributed by atoms with Crippen molar-refractivity contribution in [3.63, 3.8) is 0 Å². The number of morpholine rings is 2. The number of nitrogens with one attached hydrogen (secondary N) is 6. The van der Waals surface area contributed by atoms with Gasteiger partial charge in [0, 0.05) is 191 Å². The van der Waals surface area contributed by atoms with Crippen LogP contribution in [0.5, 0.6) is 5.75 Å². The van der Waals surface area contributed by atoms with Crippen LogP contribution in [0, 0.1) is 17.5 Å². The number of likely N-dealkylation sites (N-methyl/N-ethyl adjacent to an activating group) is 1. The molecule has 31 nitrogen and oxygen atoms in total. The van der Waals surface area contributed by atoms with Gasteiger partial charge in [0.1, 0.15) is 28.9 Å². The van der Waals surface area contributed by atoms with Crippen molar-refractivity contribution in [2.45, 2.75) is 45.9 Å². The number of piperazine rings is 3. The fourth-order valence-electron chi connectivity index (χ4n) is 19.3. The topological polar surface area (TPSA) is 316 Å². The normalized spacial score (nSPS) is 16.2. The van der Waals surface area contributed by atoms with E-state index in [0.29, 0.717) is 98.1 Å². The minimum Gasteiger partial charge on any atom is -0.497 e. The number of nitrogens with zero attached hydrogens (tertiary/aromatic N) is 17. The van der Waals surface area contributed by atoms with Gasteiger partial charge in [0.25, 0.3) is 27.8 Å². The lowest BCUT2D eigenvalue weighted by molar-refractivity contribution is -0.00521. The monoisotopic (exact) mass is 1900 g/mol. The highest BCUT2D eigenvalue weighted by molar-refractivity contribution is 7.08. The Kier molecular flexibility index (Phi) is 25.2. The fourth-order valence-corrected chi connectivity index (χ4v) is 19.9. The Bertz CT molecular complexity index is 8330. The van der Waals surface area contributed by atoms with E-state index in [2.05, 4.69) is 144 Å². The number of pyridine rings is 5. The molecular weight excluding hydrogens is 1800 g/mol. The van der Waals surface area contributed by atoms with Gasteiger partial charge in [0.05, 0.1) is 149 Å². The van der Waals surface area contributed by atoms with Crippen molar-refractivity contribution in [3.05, 3.63) is 305 Å². The Morgan fingerprint density at radius 3 is 1.18 bits per heavy atom. The second-order valence-corrected chi connectivity index (χ2v) is 36.7. The molecule has 0 saturated carbocycles. The van der Waals surface area contributed by atoms with Crippen LogP contribution in [0.25, 0.3) is 137 Å². The summed E-state index contributed by atoms with van der Waals surface area (Å²) in [5.74, 6) is -0.460. The zero-order valence-corrected chi connectivity index (χ0v) is 78.7. The van der Waals surface area contributed by atoms with Crippen LogP contribution >= 0.6 is 11.3 Å². The number of benzene rings is 9. The molecule has 0 radical (unpaired) electrons. The molecule has 5 fully saturated rings. The number of methoxy groups -OCH3 is 1. The van der Waals surface area contributed by atoms with Gasteiger partial charge < -0.3 is 48.9 Å². The molecule has 5 aliphatic heterocycles. The summed E-state index contributed by atoms with van der Waals surface area (Å²) in [5, 5.41) is 29.6. The van der Waals surface area contributed by atoms with E-state index in [9.17, 15) is 37.1 Å². The number of aromatic nitrogens is 15. The van der Waals surface area contributed by atoms with Crippen LogP contribution in [0.2, 0.25) is 0 Å². The highest BCUT2D eigenvalue weighted by Crippen LogP contribution is 2.36. The molecule has 5 aliphatic rings. The Labute approximate surface area is 802 Å². The summed E-state index contributed by atoms with van der Waals surface area (Å²) in [6.45, 7) is 24.1. The van der Waals surface area contributed by atoms with E-state index >= 15 is 0 Å². The maximum atomic E-state index is 15.0. The average molecular weight is 1900 g/mol. The van der Waals surface area contributed by atoms with Crippen LogP contribution in [-0.2, 0) is 9.47 Å². The Morgan fingerprint density at radius 1 is 0.364 bits per heavy atom. The first kappa shape index (κ1) is 90.9. The Morgan fingerprint density at radius 2 is 0.743 bits per heavy atom. The molecule has 6 N–H and O–H groups in total. The summed E-state index contributed by atoms with van der Waals surface area (Å²) in [6, 6.07) is 60.2. The minimum absolute atomic E-state index is 0.0758. The van der Waals surface area contributed by atoms with Gasteiger partial charge in [-0.25, -0.2) is 36.6 Å². The van der Waals surface area contributed by atoms with Gasteiger partial charge >= 0.3 is 0 Å². The van der Waals surface area contributed by atoms with Crippen molar-refractivity contribution in [2.75, 3.05) is 157 Å². The van der Waals surface area contributed by atoms with Gasteiger partial charge in [-0.05, 0) is 186 Å². The lowest BCUT2D eigenvalue weighted by Gasteiger charge is -2.38. The number of hydrogen-bond donors (Lipinski definition) is 6. The standard InChI is InChI=1S/C24H27N5O2.C22H22N4O2.C21H19F2N5O.C20H19N5O.C18H15FN4O2S/c1-16(2)27-10-12-28(13-11-27)18-6-9-22-20(14-18)23-21(15-25-22)24(30)29(26-23)17-4-7-19(31-3)8-5-17;1-14-12-25(13-15(2)28-14)17-8-9-20-18(10-17)21-19(11-23-20)22(27)26(24-21)16-6-4-3-5-7-16;1-26-6-8-27(9-7-26)19-11-17-13(10-16(19)23)20-14(12-24-17)21(29)28(25-20)18-5-3-2-4-15(18)22;26-20-17-13-22-18-7-6-15(24-10-8-21-9-11-24)12-16(18)19(17)23-25(20)14-4-2-1-3-5-14;19-14-7-12-15(8-16(14)22-2-4-25-5-3-22)20-9-13-17(12)21-23(18(13)24)11-1-6-26-10-11/h4-9,14-16,26H,10-13H2,1-3H3;3-11,14-15,24H,12-13H2,1-2H3;2-5,10-12,25H,6-9H2,1H3;1-7,12-13,21,23H,8-11H2;1,6-10,21H,2-5H2. The van der Waals surface area contributed by atoms with E-state index in [0.717, 1.165) is 180 Å². The van der Waals surface area contributed by atoms with E-state index in [1.54, 1.807) is 70.2 Å². The van der Waals surface area contributed by atoms with Crippen LogP contribution < -0.4 is 62.3 Å². The summed E-state index contributed by atoms with van der Waals surface area (Å²) in [6.07, 6.45) is 8.38. The van der Waals surface area contributed by atoms with Crippen LogP contribution in [0.1, 0.15) is 27.7 Å². The summed E-state index contributed by atoms with van der Waals surface area (Å²) < 4.78 is 67.7. The molecule has 9 aromatic carbocycles. The van der Waals surface area contributed by atoms with Crippen LogP contribution in [-0.4, -0.2) is 234 Å². The molecule has 2 atom stereocenters. The summed E-state index contributed by atoms with van der Waals surface area (Å²) >= 11 is 1.51. The van der Waals surface area contributed by atoms with Gasteiger partial charge in [-0.1, -0.05) is 48.5 Å². The van der Waals surface area contributed by atoms with Gasteiger partial charge in [0.15, 0.2) is 0 Å². The maximum Gasteiger partial charge on any atom is 0.280 e. The van der Waals surface area contributed by atoms with Gasteiger partial charge in [-0.3, -0.25) is 79.3 Å². The quantitative estimate of drug-likeness (QED) is 0.0662. The SMILES string of the molecule is CC1CN(c2ccc3ncc4c(=O)n(-c5ccccc5)[nH]c4c3c2)CC(C)O1.CN1CCN(c2cc3ncc4c(=O)n(-c5ccccc5F)[nH]c4c3cc2F)CC1.COc1ccc(-n2[nH]c3c(cnc4ccc(N5CCN(C(C)C)CC5)cc43)c2=O)cc1.O=c1c2cnc3cc(N4CCOCC4)c(F)cc3c2[nH]n1-c1ccsc1.O=c1c2cnc3ccc(N4CCNCC4)cc3c2[nH]n1-c1ccccc1. The van der Waals surface area contributed by atoms with Crippen molar-refractivity contribution in [1.29, 1.82) is 0 Å². The van der Waals surface area contributed by atoms with Crippen LogP contribution in [0.3, 0.4) is 0 Å². The van der Waals surface area contributed by atoms with Crippen LogP contribution in [0.4, 0.5) is 41.6 Å². The summed E-state index contributed by atoms with van der Waals surface area (Å²) in [5.41, 5.74) is 14.2. The minimum atomic E-state index is -0.526. The molecule has 11 aromatic heterocycles. The second-order valence-electron chi connectivity index (χ2n) is 36.0. The van der Waals surface area contributed by atoms with E-state index < -0.39 is 11.4 Å². The molecule has 712 valence electrons. The van der Waals surface area contributed by atoms with E-state index in [1.807, 2.05) is 137 Å². The number of fused-ring (bicyclic) bond motifs is 15. The Balaban J connectivity index is 0.000000104. The molecule has 35 heteroatoms. The molecule has 16 heterocycles. The number of aromatic amines is 5. The Hall–Kier alpha value is -15.5. The molecule has 2 unspecified atom stereocenters. The maximum absolute atomic E-state index is 15.0. The first-order valence-electron chi connectivity index (χ1n) is 46.9. The zero-order chi connectivity index (χ0) is 96.1. The lowest BCUT2D eigenvalue weighted by atomic mass is 10.1. The van der Waals surface area contributed by atoms with Gasteiger partial charge in [-0.15, -0.1) is 0 Å². The summed E-state index contributed by atoms with van der Waals surface area (Å²) in [4.78, 5) is 102. The molecule has 0 spiro atoms. The number of H-pyrrole nitrogens is 5. The number of ether oxygens (including phenoxy) is 3. The number of rotatable bonds is 12. The molecule has 0 amide bonds. The van der Waals surface area contributed by atoms with Crippen molar-refractivity contribution in [1.82, 2.24) is 88.9 Å². The van der Waals surface area contributed by atoms with Crippen LogP contribution in [0.15, 0.2) is 260 Å². The lowest BCUT2D eigenvalue weighted by Crippen LogP contribution is -2.48. The molecule has 25 rings (SSSR count). The fraction of sp³-hybridized carbons (Fsp3) is 0.257. The second kappa shape index (κ2) is 38.8. The van der Waals surface area contributed by atoms with Crippen molar-refractivity contribution < 1.29 is 27.4 Å². The number of thiophene rings is 1. The first-order chi connectivity index (χ1) is 68.2. The predicted octanol–water partition coefficient (Wildman–Crippen LogP) is 15.0. The van der Waals surface area contributed by atoms with E-state index in [1.165, 1.54) is 57.9 Å². The third-order valence-electron chi connectivity index (χ3n) is 26.8. The van der Waals surface area contributed by atoms with Crippen molar-refractivity contribution in [2.24, 2.45) is 0 Å². The molecule has 5 saturated heterocycles. The number of anilines is 5. The smallest absolute Gasteiger partial charge is 0.280 e.